The molecule has 0 radical (unpaired) electrons. The second kappa shape index (κ2) is 11.6. The van der Waals surface area contributed by atoms with Crippen molar-refractivity contribution in [3.05, 3.63) is 72.1 Å². The maximum absolute atomic E-state index is 9.05. The van der Waals surface area contributed by atoms with E-state index < -0.39 is 0 Å². The molecule has 8 heteroatoms. The molecule has 0 amide bonds. The van der Waals surface area contributed by atoms with Gasteiger partial charge in [0.2, 0.25) is 0 Å². The summed E-state index contributed by atoms with van der Waals surface area (Å²) in [7, 11) is 0. The van der Waals surface area contributed by atoms with Gasteiger partial charge in [0.05, 0.1) is 26.4 Å². The second-order valence-electron chi connectivity index (χ2n) is 7.19. The summed E-state index contributed by atoms with van der Waals surface area (Å²) in [5, 5.41) is 19.9. The molecule has 0 atom stereocenters. The van der Waals surface area contributed by atoms with Crippen LogP contribution in [0.4, 0.5) is 0 Å². The number of hydrogen-bond acceptors (Lipinski definition) is 8. The lowest BCUT2D eigenvalue weighted by atomic mass is 10.2. The first-order valence-corrected chi connectivity index (χ1v) is 10.8. The lowest BCUT2D eigenvalue weighted by molar-refractivity contribution is 0.0276. The van der Waals surface area contributed by atoms with E-state index in [0.29, 0.717) is 73.6 Å². The summed E-state index contributed by atoms with van der Waals surface area (Å²) in [5.74, 6) is 1.24. The van der Waals surface area contributed by atoms with Crippen LogP contribution in [-0.2, 0) is 9.47 Å². The maximum atomic E-state index is 9.05. The molecule has 0 saturated heterocycles. The quantitative estimate of drug-likeness (QED) is 0.313. The Hall–Kier alpha value is -4.24. The zero-order chi connectivity index (χ0) is 23.6. The first-order chi connectivity index (χ1) is 16.8. The van der Waals surface area contributed by atoms with E-state index in [1.165, 1.54) is 0 Å². The van der Waals surface area contributed by atoms with E-state index in [0.717, 1.165) is 10.8 Å². The normalized spacial score (nSPS) is 10.6. The first kappa shape index (κ1) is 22.9. The zero-order valence-electron chi connectivity index (χ0n) is 18.4. The highest BCUT2D eigenvalue weighted by Crippen LogP contribution is 2.24. The average Bonchev–Trinajstić information content (AvgIpc) is 2.89. The predicted molar refractivity (Wildman–Crippen MR) is 126 cm³/mol. The monoisotopic (exact) mass is 454 g/mol. The highest BCUT2D eigenvalue weighted by molar-refractivity contribution is 5.85. The van der Waals surface area contributed by atoms with Crippen LogP contribution in [0.5, 0.6) is 11.5 Å². The zero-order valence-corrected chi connectivity index (χ0v) is 18.4. The molecule has 0 aliphatic rings. The number of rotatable bonds is 11. The van der Waals surface area contributed by atoms with Crippen molar-refractivity contribution < 1.29 is 18.9 Å². The molecule has 0 bridgehead atoms. The van der Waals surface area contributed by atoms with Crippen molar-refractivity contribution in [2.45, 2.75) is 0 Å². The summed E-state index contributed by atoms with van der Waals surface area (Å²) in [5.41, 5.74) is 2.03. The molecular weight excluding hydrogens is 432 g/mol. The predicted octanol–water partition coefficient (Wildman–Crippen LogP) is 4.02. The number of benzene rings is 2. The molecule has 2 aromatic carbocycles. The number of nitrogens with zero attached hydrogens (tertiary/aromatic N) is 4. The topological polar surface area (TPSA) is 110 Å². The summed E-state index contributed by atoms with van der Waals surface area (Å²) in [4.78, 5) is 8.64. The van der Waals surface area contributed by atoms with E-state index in [2.05, 4.69) is 9.97 Å². The minimum absolute atomic E-state index is 0.351. The number of aromatic nitrogens is 2. The fourth-order valence-corrected chi connectivity index (χ4v) is 3.34. The Morgan fingerprint density at radius 3 is 1.44 bits per heavy atom. The van der Waals surface area contributed by atoms with E-state index in [1.807, 2.05) is 60.7 Å². The Kier molecular flexibility index (Phi) is 7.81. The van der Waals surface area contributed by atoms with Crippen LogP contribution in [0.2, 0.25) is 0 Å². The van der Waals surface area contributed by atoms with Crippen LogP contribution in [0, 0.1) is 22.7 Å². The number of hydrogen-bond donors (Lipinski definition) is 0. The van der Waals surface area contributed by atoms with Gasteiger partial charge in [-0.15, -0.1) is 0 Å². The van der Waals surface area contributed by atoms with Gasteiger partial charge >= 0.3 is 0 Å². The summed E-state index contributed by atoms with van der Waals surface area (Å²) in [6.07, 6.45) is 0. The number of pyridine rings is 2. The summed E-state index contributed by atoms with van der Waals surface area (Å²) < 4.78 is 22.7. The molecule has 0 N–H and O–H groups in total. The van der Waals surface area contributed by atoms with Crippen molar-refractivity contribution in [2.24, 2.45) is 0 Å². The summed E-state index contributed by atoms with van der Waals surface area (Å²) in [6, 6.07) is 22.4. The van der Waals surface area contributed by atoms with Crippen LogP contribution in [0.1, 0.15) is 11.4 Å². The van der Waals surface area contributed by atoms with Gasteiger partial charge in [-0.2, -0.15) is 10.5 Å². The molecule has 0 fully saturated rings. The van der Waals surface area contributed by atoms with Crippen molar-refractivity contribution in [3.63, 3.8) is 0 Å². The van der Waals surface area contributed by atoms with Crippen molar-refractivity contribution in [2.75, 3.05) is 39.6 Å². The molecular formula is C26H22N4O4. The Bertz CT molecular complexity index is 1260. The SMILES string of the molecule is N#Cc1ccc2cccc(OCCOCCOCCOc3cccc4ccc(C#N)nc34)c2n1. The van der Waals surface area contributed by atoms with E-state index in [1.54, 1.807) is 12.1 Å². The number of fused-ring (bicyclic) bond motifs is 2. The molecule has 170 valence electrons. The average molecular weight is 454 g/mol. The molecule has 0 aliphatic heterocycles. The highest BCUT2D eigenvalue weighted by atomic mass is 16.6. The maximum Gasteiger partial charge on any atom is 0.145 e. The minimum Gasteiger partial charge on any atom is -0.489 e. The number of nitriles is 2. The first-order valence-electron chi connectivity index (χ1n) is 10.8. The Morgan fingerprint density at radius 2 is 1.00 bits per heavy atom. The van der Waals surface area contributed by atoms with Crippen molar-refractivity contribution in [1.82, 2.24) is 9.97 Å². The number of para-hydroxylation sites is 2. The van der Waals surface area contributed by atoms with E-state index >= 15 is 0 Å². The Balaban J connectivity index is 1.13. The molecule has 0 unspecified atom stereocenters. The fraction of sp³-hybridized carbons (Fsp3) is 0.231. The van der Waals surface area contributed by atoms with Crippen LogP contribution in [0.3, 0.4) is 0 Å². The van der Waals surface area contributed by atoms with E-state index in [-0.39, 0.29) is 0 Å². The van der Waals surface area contributed by atoms with Crippen LogP contribution >= 0.6 is 0 Å². The van der Waals surface area contributed by atoms with Crippen molar-refractivity contribution in [3.8, 4) is 23.6 Å². The third-order valence-corrected chi connectivity index (χ3v) is 4.94. The molecule has 2 heterocycles. The molecule has 4 rings (SSSR count). The van der Waals surface area contributed by atoms with Gasteiger partial charge in [0.1, 0.15) is 59.3 Å². The molecule has 34 heavy (non-hydrogen) atoms. The largest absolute Gasteiger partial charge is 0.489 e. The van der Waals surface area contributed by atoms with Gasteiger partial charge < -0.3 is 18.9 Å². The van der Waals surface area contributed by atoms with Crippen LogP contribution in [-0.4, -0.2) is 49.6 Å². The fourth-order valence-electron chi connectivity index (χ4n) is 3.34. The molecule has 2 aromatic heterocycles. The second-order valence-corrected chi connectivity index (χ2v) is 7.19. The van der Waals surface area contributed by atoms with Crippen molar-refractivity contribution >= 4 is 21.8 Å². The van der Waals surface area contributed by atoms with Crippen LogP contribution < -0.4 is 9.47 Å². The van der Waals surface area contributed by atoms with Gasteiger partial charge in [0.25, 0.3) is 0 Å². The Morgan fingerprint density at radius 1 is 0.559 bits per heavy atom. The number of ether oxygens (including phenoxy) is 4. The van der Waals surface area contributed by atoms with Gasteiger partial charge in [-0.05, 0) is 36.4 Å². The van der Waals surface area contributed by atoms with E-state index in [4.69, 9.17) is 29.5 Å². The van der Waals surface area contributed by atoms with E-state index in [9.17, 15) is 0 Å². The third kappa shape index (κ3) is 5.76. The van der Waals surface area contributed by atoms with Crippen molar-refractivity contribution in [1.29, 1.82) is 10.5 Å². The summed E-state index contributed by atoms with van der Waals surface area (Å²) in [6.45, 7) is 2.38. The van der Waals surface area contributed by atoms with Crippen LogP contribution in [0.25, 0.3) is 21.8 Å². The molecule has 4 aromatic rings. The smallest absolute Gasteiger partial charge is 0.145 e. The van der Waals surface area contributed by atoms with Gasteiger partial charge in [-0.3, -0.25) is 0 Å². The molecule has 0 spiro atoms. The molecule has 0 aliphatic carbocycles. The van der Waals surface area contributed by atoms with Gasteiger partial charge in [-0.1, -0.05) is 24.3 Å². The van der Waals surface area contributed by atoms with Gasteiger partial charge in [-0.25, -0.2) is 9.97 Å². The minimum atomic E-state index is 0.351. The van der Waals surface area contributed by atoms with Gasteiger partial charge in [0.15, 0.2) is 0 Å². The standard InChI is InChI=1S/C26H22N4O4/c27-17-21-9-7-19-3-1-5-23(25(19)29-21)33-15-13-31-11-12-32-14-16-34-24-6-2-4-20-8-10-22(18-28)30-26(20)24/h1-10H,11-16H2. The molecule has 0 saturated carbocycles. The molecule has 8 nitrogen and oxygen atoms in total. The lowest BCUT2D eigenvalue weighted by Gasteiger charge is -2.10. The highest BCUT2D eigenvalue weighted by Gasteiger charge is 2.06. The third-order valence-electron chi connectivity index (χ3n) is 4.94. The van der Waals surface area contributed by atoms with Gasteiger partial charge in [0, 0.05) is 10.8 Å². The lowest BCUT2D eigenvalue weighted by Crippen LogP contribution is -2.13. The van der Waals surface area contributed by atoms with Crippen LogP contribution in [0.15, 0.2) is 60.7 Å². The Labute approximate surface area is 196 Å². The summed E-state index contributed by atoms with van der Waals surface area (Å²) >= 11 is 0.